The van der Waals surface area contributed by atoms with Crippen LogP contribution in [0.15, 0.2) is 24.3 Å². The molecule has 0 radical (unpaired) electrons. The summed E-state index contributed by atoms with van der Waals surface area (Å²) in [4.78, 5) is 0. The van der Waals surface area contributed by atoms with Crippen molar-refractivity contribution in [2.24, 2.45) is 0 Å². The molecule has 1 saturated heterocycles. The van der Waals surface area contributed by atoms with Crippen molar-refractivity contribution < 1.29 is 8.42 Å². The van der Waals surface area contributed by atoms with Crippen LogP contribution in [-0.4, -0.2) is 42.7 Å². The standard InChI is InChI=1S/C19H25Cl2N3O2S/c1-13-8-15(12-22-18-4-6-23(7-5-18)27(3,25)26)14(2)24(13)19-10-16(20)9-17(21)11-19/h8-11,18,22H,4-7,12H2,1-3H3. The Bertz CT molecular complexity index is 912. The van der Waals surface area contributed by atoms with E-state index in [1.807, 2.05) is 12.1 Å². The Kier molecular flexibility index (Phi) is 6.23. The first-order valence-electron chi connectivity index (χ1n) is 8.98. The summed E-state index contributed by atoms with van der Waals surface area (Å²) < 4.78 is 27.0. The summed E-state index contributed by atoms with van der Waals surface area (Å²) in [6.45, 7) is 6.06. The van der Waals surface area contributed by atoms with Gasteiger partial charge in [-0.2, -0.15) is 0 Å². The molecule has 0 bridgehead atoms. The molecule has 2 heterocycles. The van der Waals surface area contributed by atoms with E-state index < -0.39 is 10.0 Å². The topological polar surface area (TPSA) is 54.3 Å². The molecule has 0 amide bonds. The Labute approximate surface area is 171 Å². The normalized spacial score (nSPS) is 16.8. The molecule has 148 valence electrons. The van der Waals surface area contributed by atoms with Crippen molar-refractivity contribution in [3.05, 3.63) is 51.3 Å². The maximum atomic E-state index is 11.6. The quantitative estimate of drug-likeness (QED) is 0.783. The van der Waals surface area contributed by atoms with E-state index in [-0.39, 0.29) is 0 Å². The third-order valence-corrected chi connectivity index (χ3v) is 6.89. The van der Waals surface area contributed by atoms with Crippen molar-refractivity contribution >= 4 is 33.2 Å². The molecule has 0 aliphatic carbocycles. The van der Waals surface area contributed by atoms with E-state index in [2.05, 4.69) is 29.8 Å². The van der Waals surface area contributed by atoms with Crippen LogP contribution < -0.4 is 5.32 Å². The average molecular weight is 430 g/mol. The molecule has 1 aromatic heterocycles. The van der Waals surface area contributed by atoms with Crippen molar-refractivity contribution in [3.63, 3.8) is 0 Å². The van der Waals surface area contributed by atoms with Crippen molar-refractivity contribution in [2.75, 3.05) is 19.3 Å². The van der Waals surface area contributed by atoms with Crippen molar-refractivity contribution in [3.8, 4) is 5.69 Å². The number of hydrogen-bond donors (Lipinski definition) is 1. The van der Waals surface area contributed by atoms with Crippen LogP contribution in [0.5, 0.6) is 0 Å². The van der Waals surface area contributed by atoms with Crippen LogP contribution in [0.1, 0.15) is 29.8 Å². The minimum atomic E-state index is -3.08. The third kappa shape index (κ3) is 4.87. The number of nitrogens with zero attached hydrogens (tertiary/aromatic N) is 2. The van der Waals surface area contributed by atoms with Gasteiger partial charge >= 0.3 is 0 Å². The number of nitrogens with one attached hydrogen (secondary N) is 1. The second kappa shape index (κ2) is 8.13. The highest BCUT2D eigenvalue weighted by atomic mass is 35.5. The van der Waals surface area contributed by atoms with Gasteiger partial charge in [-0.15, -0.1) is 0 Å². The van der Waals surface area contributed by atoms with Gasteiger partial charge in [0.25, 0.3) is 0 Å². The molecule has 0 atom stereocenters. The second-order valence-corrected chi connectivity index (χ2v) is 10.0. The van der Waals surface area contributed by atoms with Crippen LogP contribution in [-0.2, 0) is 16.6 Å². The lowest BCUT2D eigenvalue weighted by Crippen LogP contribution is -2.44. The third-order valence-electron chi connectivity index (χ3n) is 5.15. The molecule has 1 fully saturated rings. The summed E-state index contributed by atoms with van der Waals surface area (Å²) in [6, 6.07) is 8.04. The first-order chi connectivity index (χ1) is 12.6. The molecule has 5 nitrogen and oxygen atoms in total. The van der Waals surface area contributed by atoms with Gasteiger partial charge in [-0.25, -0.2) is 12.7 Å². The van der Waals surface area contributed by atoms with E-state index in [9.17, 15) is 8.42 Å². The van der Waals surface area contributed by atoms with Gasteiger partial charge in [0.05, 0.1) is 6.26 Å². The smallest absolute Gasteiger partial charge is 0.211 e. The number of aryl methyl sites for hydroxylation is 1. The van der Waals surface area contributed by atoms with Crippen molar-refractivity contribution in [1.82, 2.24) is 14.2 Å². The zero-order valence-electron chi connectivity index (χ0n) is 15.8. The van der Waals surface area contributed by atoms with E-state index in [0.29, 0.717) is 29.2 Å². The lowest BCUT2D eigenvalue weighted by atomic mass is 10.1. The molecule has 1 N–H and O–H groups in total. The number of sulfonamides is 1. The van der Waals surface area contributed by atoms with Gasteiger partial charge in [0.2, 0.25) is 10.0 Å². The first kappa shape index (κ1) is 20.7. The molecule has 1 aliphatic rings. The fourth-order valence-electron chi connectivity index (χ4n) is 3.72. The van der Waals surface area contributed by atoms with Crippen molar-refractivity contribution in [1.29, 1.82) is 0 Å². The van der Waals surface area contributed by atoms with Crippen LogP contribution in [0.3, 0.4) is 0 Å². The predicted octanol–water partition coefficient (Wildman–Crippen LogP) is 3.91. The van der Waals surface area contributed by atoms with Crippen LogP contribution >= 0.6 is 23.2 Å². The minimum absolute atomic E-state index is 0.326. The van der Waals surface area contributed by atoms with Gasteiger partial charge in [-0.1, -0.05) is 23.2 Å². The summed E-state index contributed by atoms with van der Waals surface area (Å²) in [5.74, 6) is 0. The van der Waals surface area contributed by atoms with Gasteiger partial charge in [0, 0.05) is 52.8 Å². The zero-order valence-corrected chi connectivity index (χ0v) is 18.1. The van der Waals surface area contributed by atoms with Gasteiger partial charge in [-0.3, -0.25) is 0 Å². The molecule has 2 aromatic rings. The highest BCUT2D eigenvalue weighted by Crippen LogP contribution is 2.26. The zero-order chi connectivity index (χ0) is 19.8. The van der Waals surface area contributed by atoms with Crippen LogP contribution in [0.2, 0.25) is 10.0 Å². The summed E-state index contributed by atoms with van der Waals surface area (Å²) in [7, 11) is -3.08. The highest BCUT2D eigenvalue weighted by Gasteiger charge is 2.24. The van der Waals surface area contributed by atoms with Gasteiger partial charge < -0.3 is 9.88 Å². The Balaban J connectivity index is 1.69. The first-order valence-corrected chi connectivity index (χ1v) is 11.6. The fourth-order valence-corrected chi connectivity index (χ4v) is 5.11. The van der Waals surface area contributed by atoms with E-state index in [1.54, 1.807) is 10.4 Å². The maximum absolute atomic E-state index is 11.6. The van der Waals surface area contributed by atoms with Crippen LogP contribution in [0, 0.1) is 13.8 Å². The molecule has 1 aliphatic heterocycles. The van der Waals surface area contributed by atoms with Crippen molar-refractivity contribution in [2.45, 2.75) is 39.3 Å². The number of benzene rings is 1. The molecular formula is C19H25Cl2N3O2S. The monoisotopic (exact) mass is 429 g/mol. The van der Waals surface area contributed by atoms with Gasteiger partial charge in [-0.05, 0) is 56.5 Å². The molecule has 0 unspecified atom stereocenters. The number of hydrogen-bond acceptors (Lipinski definition) is 3. The number of aromatic nitrogens is 1. The number of halogens is 2. The largest absolute Gasteiger partial charge is 0.318 e. The lowest BCUT2D eigenvalue weighted by Gasteiger charge is -2.30. The number of piperidine rings is 1. The van der Waals surface area contributed by atoms with E-state index in [0.717, 1.165) is 36.5 Å². The van der Waals surface area contributed by atoms with E-state index in [1.165, 1.54) is 11.8 Å². The SMILES string of the molecule is Cc1cc(CNC2CCN(S(C)(=O)=O)CC2)c(C)n1-c1cc(Cl)cc(Cl)c1. The fraction of sp³-hybridized carbons (Fsp3) is 0.474. The molecule has 1 aromatic carbocycles. The van der Waals surface area contributed by atoms with E-state index in [4.69, 9.17) is 23.2 Å². The summed E-state index contributed by atoms with van der Waals surface area (Å²) in [6.07, 6.45) is 2.93. The highest BCUT2D eigenvalue weighted by molar-refractivity contribution is 7.88. The Hall–Kier alpha value is -1.05. The second-order valence-electron chi connectivity index (χ2n) is 7.18. The Morgan fingerprint density at radius 2 is 1.67 bits per heavy atom. The van der Waals surface area contributed by atoms with Gasteiger partial charge in [0.15, 0.2) is 0 Å². The summed E-state index contributed by atoms with van der Waals surface area (Å²) in [5.41, 5.74) is 4.44. The van der Waals surface area contributed by atoms with E-state index >= 15 is 0 Å². The molecule has 3 rings (SSSR count). The Morgan fingerprint density at radius 1 is 1.07 bits per heavy atom. The Morgan fingerprint density at radius 3 is 2.22 bits per heavy atom. The average Bonchev–Trinajstić information content (AvgIpc) is 2.85. The summed E-state index contributed by atoms with van der Waals surface area (Å²) >= 11 is 12.3. The molecule has 27 heavy (non-hydrogen) atoms. The summed E-state index contributed by atoms with van der Waals surface area (Å²) in [5, 5.41) is 4.81. The maximum Gasteiger partial charge on any atom is 0.211 e. The lowest BCUT2D eigenvalue weighted by molar-refractivity contribution is 0.290. The number of rotatable bonds is 5. The van der Waals surface area contributed by atoms with Crippen LogP contribution in [0.4, 0.5) is 0 Å². The molecule has 0 spiro atoms. The molecule has 8 heteroatoms. The van der Waals surface area contributed by atoms with Gasteiger partial charge in [0.1, 0.15) is 0 Å². The molecule has 0 saturated carbocycles. The predicted molar refractivity (Wildman–Crippen MR) is 112 cm³/mol. The van der Waals surface area contributed by atoms with Crippen LogP contribution in [0.25, 0.3) is 5.69 Å². The minimum Gasteiger partial charge on any atom is -0.318 e. The molecular weight excluding hydrogens is 405 g/mol.